The Kier molecular flexibility index (Phi) is 6.91. The van der Waals surface area contributed by atoms with Crippen molar-refractivity contribution in [1.29, 1.82) is 0 Å². The molecule has 1 amide bonds. The number of carbonyl (C=O) groups is 1. The van der Waals surface area contributed by atoms with Gasteiger partial charge >= 0.3 is 0 Å². The Hall–Kier alpha value is -1.70. The summed E-state index contributed by atoms with van der Waals surface area (Å²) < 4.78 is 19.5. The van der Waals surface area contributed by atoms with Gasteiger partial charge in [-0.05, 0) is 68.9 Å². The molecular weight excluding hydrogens is 363 g/mol. The van der Waals surface area contributed by atoms with Gasteiger partial charge in [0.05, 0.1) is 12.6 Å². The first-order valence-electron chi connectivity index (χ1n) is 10.2. The molecule has 0 spiro atoms. The fourth-order valence-electron chi connectivity index (χ4n) is 4.10. The number of carbonyl (C=O) groups excluding carboxylic acids is 1. The number of nitrogens with zero attached hydrogens (tertiary/aromatic N) is 1. The molecule has 2 saturated carbocycles. The van der Waals surface area contributed by atoms with Crippen molar-refractivity contribution in [2.45, 2.75) is 63.3 Å². The molecule has 0 aliphatic heterocycles. The number of amides is 1. The third-order valence-corrected chi connectivity index (χ3v) is 6.38. The summed E-state index contributed by atoms with van der Waals surface area (Å²) >= 11 is 0. The summed E-state index contributed by atoms with van der Waals surface area (Å²) in [6, 6.07) is 3.71. The minimum Gasteiger partial charge on any atom is -0.490 e. The number of ether oxygens (including phenoxy) is 1. The molecule has 2 aliphatic rings. The Morgan fingerprint density at radius 3 is 2.50 bits per heavy atom. The van der Waals surface area contributed by atoms with Crippen LogP contribution in [0, 0.1) is 17.7 Å². The van der Waals surface area contributed by atoms with E-state index in [0.29, 0.717) is 12.6 Å². The molecule has 0 bridgehead atoms. The smallest absolute Gasteiger partial charge is 0.239 e. The third-order valence-electron chi connectivity index (χ3n) is 6.38. The van der Waals surface area contributed by atoms with E-state index in [0.717, 1.165) is 38.5 Å². The van der Waals surface area contributed by atoms with Gasteiger partial charge in [0.25, 0.3) is 0 Å². The zero-order valence-corrected chi connectivity index (χ0v) is 16.4. The summed E-state index contributed by atoms with van der Waals surface area (Å²) in [7, 11) is 1.86. The normalized spacial score (nSPS) is 23.9. The second kappa shape index (κ2) is 9.20. The van der Waals surface area contributed by atoms with Gasteiger partial charge in [-0.2, -0.15) is 0 Å². The molecule has 4 N–H and O–H groups in total. The number of aliphatic hydroxyl groups is 2. The van der Waals surface area contributed by atoms with Crippen LogP contribution in [0.3, 0.4) is 0 Å². The Bertz CT molecular complexity index is 672. The van der Waals surface area contributed by atoms with Crippen molar-refractivity contribution in [2.75, 3.05) is 13.7 Å². The molecule has 7 heteroatoms. The maximum absolute atomic E-state index is 13.9. The summed E-state index contributed by atoms with van der Waals surface area (Å²) in [5.74, 6) is -0.00166. The van der Waals surface area contributed by atoms with Gasteiger partial charge < -0.3 is 25.6 Å². The number of rotatable bonds is 7. The van der Waals surface area contributed by atoms with E-state index in [1.807, 2.05) is 11.9 Å². The average molecular weight is 394 g/mol. The summed E-state index contributed by atoms with van der Waals surface area (Å²) in [5, 5.41) is 18.4. The van der Waals surface area contributed by atoms with Crippen LogP contribution in [0.15, 0.2) is 18.2 Å². The molecule has 28 heavy (non-hydrogen) atoms. The molecule has 1 aromatic rings. The van der Waals surface area contributed by atoms with Gasteiger partial charge in [0.2, 0.25) is 5.91 Å². The van der Waals surface area contributed by atoms with Crippen molar-refractivity contribution in [2.24, 2.45) is 17.6 Å². The highest BCUT2D eigenvalue weighted by molar-refractivity contribution is 5.82. The van der Waals surface area contributed by atoms with E-state index in [1.54, 1.807) is 0 Å². The largest absolute Gasteiger partial charge is 0.490 e. The van der Waals surface area contributed by atoms with Crippen LogP contribution in [-0.4, -0.2) is 46.8 Å². The van der Waals surface area contributed by atoms with Crippen molar-refractivity contribution >= 4 is 5.91 Å². The standard InChI is InChI=1S/C21H31FN2O4/c1-24(16-3-2-4-16)20(25)19(23)14-7-5-13(6-8-14)12-28-18-11-15(21(26)27)9-10-17(18)22/h9-11,13-14,16,19,21,26-27H,2-8,12,23H2,1H3/t13?,14?,19-/m0/s1. The zero-order valence-electron chi connectivity index (χ0n) is 16.4. The van der Waals surface area contributed by atoms with E-state index in [1.165, 1.54) is 24.6 Å². The van der Waals surface area contributed by atoms with Crippen LogP contribution in [0.25, 0.3) is 0 Å². The van der Waals surface area contributed by atoms with Crippen LogP contribution in [0.5, 0.6) is 5.75 Å². The maximum Gasteiger partial charge on any atom is 0.239 e. The SMILES string of the molecule is CN(C(=O)[C@@H](N)C1CCC(COc2cc(C(O)O)ccc2F)CC1)C1CCC1. The van der Waals surface area contributed by atoms with E-state index in [-0.39, 0.29) is 29.1 Å². The van der Waals surface area contributed by atoms with Gasteiger partial charge in [0, 0.05) is 18.7 Å². The first-order chi connectivity index (χ1) is 13.4. The van der Waals surface area contributed by atoms with E-state index in [4.69, 9.17) is 10.5 Å². The minimum atomic E-state index is -1.66. The molecule has 2 aliphatic carbocycles. The number of nitrogens with two attached hydrogens (primary N) is 1. The second-order valence-corrected chi connectivity index (χ2v) is 8.21. The first-order valence-corrected chi connectivity index (χ1v) is 10.2. The monoisotopic (exact) mass is 394 g/mol. The number of benzene rings is 1. The minimum absolute atomic E-state index is 0.0294. The fraction of sp³-hybridized carbons (Fsp3) is 0.667. The molecular formula is C21H31FN2O4. The van der Waals surface area contributed by atoms with Gasteiger partial charge in [-0.15, -0.1) is 0 Å². The molecule has 6 nitrogen and oxygen atoms in total. The van der Waals surface area contributed by atoms with Crippen LogP contribution in [-0.2, 0) is 4.79 Å². The molecule has 3 rings (SSSR count). The Labute approximate surface area is 165 Å². The van der Waals surface area contributed by atoms with E-state index >= 15 is 0 Å². The van der Waals surface area contributed by atoms with Crippen LogP contribution in [0.1, 0.15) is 56.8 Å². The first kappa shape index (κ1) is 21.0. The number of halogens is 1. The van der Waals surface area contributed by atoms with Gasteiger partial charge in [-0.25, -0.2) is 4.39 Å². The quantitative estimate of drug-likeness (QED) is 0.617. The highest BCUT2D eigenvalue weighted by atomic mass is 19.1. The molecule has 1 aromatic carbocycles. The molecule has 2 fully saturated rings. The molecule has 0 saturated heterocycles. The lowest BCUT2D eigenvalue weighted by molar-refractivity contribution is -0.136. The van der Waals surface area contributed by atoms with Gasteiger partial charge in [0.1, 0.15) is 0 Å². The van der Waals surface area contributed by atoms with Crippen molar-refractivity contribution in [1.82, 2.24) is 4.90 Å². The van der Waals surface area contributed by atoms with Crippen molar-refractivity contribution in [3.05, 3.63) is 29.6 Å². The second-order valence-electron chi connectivity index (χ2n) is 8.21. The van der Waals surface area contributed by atoms with Crippen LogP contribution >= 0.6 is 0 Å². The number of hydrogen-bond acceptors (Lipinski definition) is 5. The summed E-state index contributed by atoms with van der Waals surface area (Å²) in [4.78, 5) is 14.4. The van der Waals surface area contributed by atoms with Gasteiger partial charge in [0.15, 0.2) is 17.9 Å². The summed E-state index contributed by atoms with van der Waals surface area (Å²) in [6.45, 7) is 0.361. The molecule has 0 aromatic heterocycles. The van der Waals surface area contributed by atoms with Crippen LogP contribution < -0.4 is 10.5 Å². The maximum atomic E-state index is 13.9. The lowest BCUT2D eigenvalue weighted by Crippen LogP contribution is -2.52. The predicted molar refractivity (Wildman–Crippen MR) is 103 cm³/mol. The Balaban J connectivity index is 1.46. The molecule has 0 radical (unpaired) electrons. The van der Waals surface area contributed by atoms with Crippen molar-refractivity contribution in [3.63, 3.8) is 0 Å². The molecule has 1 atom stereocenters. The highest BCUT2D eigenvalue weighted by Gasteiger charge is 2.34. The summed E-state index contributed by atoms with van der Waals surface area (Å²) in [6.07, 6.45) is 5.15. The predicted octanol–water partition coefficient (Wildman–Crippen LogP) is 2.33. The molecule has 0 unspecified atom stereocenters. The number of hydrogen-bond donors (Lipinski definition) is 3. The van der Waals surface area contributed by atoms with Crippen LogP contribution in [0.2, 0.25) is 0 Å². The zero-order chi connectivity index (χ0) is 20.3. The Morgan fingerprint density at radius 1 is 1.25 bits per heavy atom. The lowest BCUT2D eigenvalue weighted by atomic mass is 9.78. The van der Waals surface area contributed by atoms with Crippen molar-refractivity contribution in [3.8, 4) is 5.75 Å². The van der Waals surface area contributed by atoms with Gasteiger partial charge in [-0.1, -0.05) is 6.07 Å². The Morgan fingerprint density at radius 2 is 1.93 bits per heavy atom. The van der Waals surface area contributed by atoms with Gasteiger partial charge in [-0.3, -0.25) is 4.79 Å². The van der Waals surface area contributed by atoms with Crippen LogP contribution in [0.4, 0.5) is 4.39 Å². The fourth-order valence-corrected chi connectivity index (χ4v) is 4.10. The highest BCUT2D eigenvalue weighted by Crippen LogP contribution is 2.33. The molecule has 156 valence electrons. The van der Waals surface area contributed by atoms with E-state index < -0.39 is 18.1 Å². The lowest BCUT2D eigenvalue weighted by Gasteiger charge is -2.38. The third kappa shape index (κ3) is 4.82. The number of aliphatic hydroxyl groups excluding tert-OH is 1. The van der Waals surface area contributed by atoms with E-state index in [9.17, 15) is 19.4 Å². The van der Waals surface area contributed by atoms with E-state index in [2.05, 4.69) is 0 Å². The summed E-state index contributed by atoms with van der Waals surface area (Å²) in [5.41, 5.74) is 6.46. The number of likely N-dealkylation sites (N-methyl/N-ethyl adjacent to an activating group) is 1. The topological polar surface area (TPSA) is 96.0 Å². The van der Waals surface area contributed by atoms with Crippen molar-refractivity contribution < 1.29 is 24.1 Å². The molecule has 0 heterocycles. The average Bonchev–Trinajstić information content (AvgIpc) is 2.65.